The van der Waals surface area contributed by atoms with Gasteiger partial charge in [-0.25, -0.2) is 0 Å². The van der Waals surface area contributed by atoms with Crippen LogP contribution in [0.1, 0.15) is 66.2 Å². The first-order chi connectivity index (χ1) is 8.63. The molecule has 0 bridgehead atoms. The van der Waals surface area contributed by atoms with Crippen LogP contribution in [0.4, 0.5) is 0 Å². The summed E-state index contributed by atoms with van der Waals surface area (Å²) in [6, 6.07) is 1.60. The lowest BCUT2D eigenvalue weighted by molar-refractivity contribution is 0.254. The molecule has 0 aliphatic heterocycles. The Balaban J connectivity index is 2.06. The number of rotatable bonds is 11. The standard InChI is InChI=1S/C16H34N2/c1-5-6-12-18(16-9-10-16)13-11-17-15(4)8-7-14(2)3/h14-17H,5-13H2,1-4H3. The fraction of sp³-hybridized carbons (Fsp3) is 1.00. The molecule has 2 nitrogen and oxygen atoms in total. The highest BCUT2D eigenvalue weighted by Crippen LogP contribution is 2.26. The van der Waals surface area contributed by atoms with E-state index in [9.17, 15) is 0 Å². The summed E-state index contributed by atoms with van der Waals surface area (Å²) in [6.07, 6.45) is 8.21. The van der Waals surface area contributed by atoms with E-state index in [-0.39, 0.29) is 0 Å². The zero-order chi connectivity index (χ0) is 13.4. The third-order valence-corrected chi connectivity index (χ3v) is 3.93. The molecule has 0 amide bonds. The highest BCUT2D eigenvalue weighted by Gasteiger charge is 2.27. The molecule has 0 aromatic rings. The van der Waals surface area contributed by atoms with Crippen molar-refractivity contribution in [3.05, 3.63) is 0 Å². The second-order valence-corrected chi connectivity index (χ2v) is 6.45. The molecular formula is C16H34N2. The fourth-order valence-electron chi connectivity index (χ4n) is 2.42. The van der Waals surface area contributed by atoms with Crippen LogP contribution in [0.3, 0.4) is 0 Å². The van der Waals surface area contributed by atoms with Gasteiger partial charge in [0.15, 0.2) is 0 Å². The van der Waals surface area contributed by atoms with Gasteiger partial charge in [-0.05, 0) is 51.5 Å². The maximum atomic E-state index is 3.69. The van der Waals surface area contributed by atoms with Crippen LogP contribution in [0.25, 0.3) is 0 Å². The second-order valence-electron chi connectivity index (χ2n) is 6.45. The van der Waals surface area contributed by atoms with Crippen molar-refractivity contribution in [2.24, 2.45) is 5.92 Å². The quantitative estimate of drug-likeness (QED) is 0.605. The highest BCUT2D eigenvalue weighted by molar-refractivity contribution is 4.84. The molecule has 0 spiro atoms. The third kappa shape index (κ3) is 7.38. The van der Waals surface area contributed by atoms with E-state index >= 15 is 0 Å². The van der Waals surface area contributed by atoms with Crippen molar-refractivity contribution in [1.82, 2.24) is 10.2 Å². The van der Waals surface area contributed by atoms with E-state index in [4.69, 9.17) is 0 Å². The highest BCUT2D eigenvalue weighted by atomic mass is 15.2. The first kappa shape index (κ1) is 16.0. The minimum atomic E-state index is 0.680. The Morgan fingerprint density at radius 2 is 1.83 bits per heavy atom. The summed E-state index contributed by atoms with van der Waals surface area (Å²) in [6.45, 7) is 13.0. The van der Waals surface area contributed by atoms with Gasteiger partial charge in [-0.1, -0.05) is 27.2 Å². The lowest BCUT2D eigenvalue weighted by Crippen LogP contribution is -2.37. The molecule has 0 heterocycles. The average molecular weight is 254 g/mol. The van der Waals surface area contributed by atoms with Gasteiger partial charge >= 0.3 is 0 Å². The van der Waals surface area contributed by atoms with Crippen LogP contribution in [0.5, 0.6) is 0 Å². The molecular weight excluding hydrogens is 220 g/mol. The topological polar surface area (TPSA) is 15.3 Å². The largest absolute Gasteiger partial charge is 0.313 e. The predicted molar refractivity (Wildman–Crippen MR) is 81.0 cm³/mol. The fourth-order valence-corrected chi connectivity index (χ4v) is 2.42. The van der Waals surface area contributed by atoms with Crippen LogP contribution in [0, 0.1) is 5.92 Å². The van der Waals surface area contributed by atoms with Crippen molar-refractivity contribution in [2.45, 2.75) is 78.3 Å². The molecule has 1 atom stereocenters. The average Bonchev–Trinajstić information content (AvgIpc) is 3.15. The maximum absolute atomic E-state index is 3.69. The summed E-state index contributed by atoms with van der Waals surface area (Å²) in [4.78, 5) is 2.70. The summed E-state index contributed by atoms with van der Waals surface area (Å²) >= 11 is 0. The molecule has 1 saturated carbocycles. The summed E-state index contributed by atoms with van der Waals surface area (Å²) in [5.41, 5.74) is 0. The van der Waals surface area contributed by atoms with Crippen molar-refractivity contribution >= 4 is 0 Å². The molecule has 1 rings (SSSR count). The molecule has 1 fully saturated rings. The van der Waals surface area contributed by atoms with Crippen LogP contribution in [-0.4, -0.2) is 36.6 Å². The molecule has 2 heteroatoms. The van der Waals surface area contributed by atoms with Gasteiger partial charge in [0, 0.05) is 25.2 Å². The number of unbranched alkanes of at least 4 members (excludes halogenated alkanes) is 1. The molecule has 1 aliphatic carbocycles. The first-order valence-corrected chi connectivity index (χ1v) is 8.11. The second kappa shape index (κ2) is 8.92. The zero-order valence-electron chi connectivity index (χ0n) is 13.0. The number of nitrogens with zero attached hydrogens (tertiary/aromatic N) is 1. The molecule has 0 saturated heterocycles. The Morgan fingerprint density at radius 3 is 2.39 bits per heavy atom. The van der Waals surface area contributed by atoms with Crippen LogP contribution in [0.2, 0.25) is 0 Å². The van der Waals surface area contributed by atoms with Crippen molar-refractivity contribution in [2.75, 3.05) is 19.6 Å². The van der Waals surface area contributed by atoms with Gasteiger partial charge in [-0.15, -0.1) is 0 Å². The van der Waals surface area contributed by atoms with E-state index in [0.717, 1.165) is 12.0 Å². The summed E-state index contributed by atoms with van der Waals surface area (Å²) in [5, 5.41) is 3.69. The molecule has 0 aromatic carbocycles. The van der Waals surface area contributed by atoms with Gasteiger partial charge in [-0.2, -0.15) is 0 Å². The molecule has 1 unspecified atom stereocenters. The monoisotopic (exact) mass is 254 g/mol. The molecule has 108 valence electrons. The van der Waals surface area contributed by atoms with Crippen molar-refractivity contribution in [1.29, 1.82) is 0 Å². The normalized spacial score (nSPS) is 17.7. The summed E-state index contributed by atoms with van der Waals surface area (Å²) < 4.78 is 0. The van der Waals surface area contributed by atoms with Gasteiger partial charge in [0.1, 0.15) is 0 Å². The Bertz CT molecular complexity index is 199. The molecule has 18 heavy (non-hydrogen) atoms. The SMILES string of the molecule is CCCCN(CCNC(C)CCC(C)C)C1CC1. The van der Waals surface area contributed by atoms with Crippen LogP contribution >= 0.6 is 0 Å². The lowest BCUT2D eigenvalue weighted by atomic mass is 10.0. The minimum absolute atomic E-state index is 0.680. The number of hydrogen-bond donors (Lipinski definition) is 1. The van der Waals surface area contributed by atoms with E-state index in [1.165, 1.54) is 58.2 Å². The van der Waals surface area contributed by atoms with Crippen molar-refractivity contribution in [3.8, 4) is 0 Å². The Labute approximate surface area is 115 Å². The Kier molecular flexibility index (Phi) is 7.92. The summed E-state index contributed by atoms with van der Waals surface area (Å²) in [7, 11) is 0. The summed E-state index contributed by atoms with van der Waals surface area (Å²) in [5.74, 6) is 0.835. The third-order valence-electron chi connectivity index (χ3n) is 3.93. The minimum Gasteiger partial charge on any atom is -0.313 e. The Hall–Kier alpha value is -0.0800. The molecule has 1 N–H and O–H groups in total. The molecule has 0 radical (unpaired) electrons. The van der Waals surface area contributed by atoms with Gasteiger partial charge in [0.05, 0.1) is 0 Å². The van der Waals surface area contributed by atoms with Gasteiger partial charge in [0.25, 0.3) is 0 Å². The smallest absolute Gasteiger partial charge is 0.0110 e. The Morgan fingerprint density at radius 1 is 1.11 bits per heavy atom. The number of nitrogens with one attached hydrogen (secondary N) is 1. The van der Waals surface area contributed by atoms with E-state index in [0.29, 0.717) is 6.04 Å². The first-order valence-electron chi connectivity index (χ1n) is 8.11. The predicted octanol–water partition coefficient (Wildman–Crippen LogP) is 3.67. The lowest BCUT2D eigenvalue weighted by Gasteiger charge is -2.23. The maximum Gasteiger partial charge on any atom is 0.0110 e. The van der Waals surface area contributed by atoms with E-state index in [1.54, 1.807) is 0 Å². The molecule has 1 aliphatic rings. The van der Waals surface area contributed by atoms with Crippen LogP contribution < -0.4 is 5.32 Å². The van der Waals surface area contributed by atoms with Gasteiger partial charge < -0.3 is 5.32 Å². The van der Waals surface area contributed by atoms with Crippen molar-refractivity contribution in [3.63, 3.8) is 0 Å². The van der Waals surface area contributed by atoms with Crippen molar-refractivity contribution < 1.29 is 0 Å². The number of hydrogen-bond acceptors (Lipinski definition) is 2. The van der Waals surface area contributed by atoms with E-state index in [1.807, 2.05) is 0 Å². The zero-order valence-corrected chi connectivity index (χ0v) is 13.0. The molecule has 0 aromatic heterocycles. The van der Waals surface area contributed by atoms with Crippen LogP contribution in [-0.2, 0) is 0 Å². The van der Waals surface area contributed by atoms with Crippen LogP contribution in [0.15, 0.2) is 0 Å². The van der Waals surface area contributed by atoms with E-state index in [2.05, 4.69) is 37.9 Å². The van der Waals surface area contributed by atoms with Gasteiger partial charge in [0.2, 0.25) is 0 Å². The van der Waals surface area contributed by atoms with E-state index < -0.39 is 0 Å². The van der Waals surface area contributed by atoms with Gasteiger partial charge in [-0.3, -0.25) is 4.90 Å².